The summed E-state index contributed by atoms with van der Waals surface area (Å²) in [6, 6.07) is 11.9. The Hall–Kier alpha value is -2.05. The Balaban J connectivity index is 1.81. The summed E-state index contributed by atoms with van der Waals surface area (Å²) < 4.78 is 0.906. The summed E-state index contributed by atoms with van der Waals surface area (Å²) in [6.45, 7) is 0.924. The molecule has 4 rings (SSSR count). The number of aromatic nitrogens is 2. The number of halogens is 2. The molecule has 0 saturated carbocycles. The Morgan fingerprint density at radius 3 is 2.88 bits per heavy atom. The van der Waals surface area contributed by atoms with Gasteiger partial charge >= 0.3 is 6.09 Å². The Morgan fingerprint density at radius 2 is 2.12 bits per heavy atom. The van der Waals surface area contributed by atoms with E-state index in [1.54, 1.807) is 6.33 Å². The summed E-state index contributed by atoms with van der Waals surface area (Å²) in [5.74, 6) is 0.124. The van der Waals surface area contributed by atoms with Gasteiger partial charge in [0.25, 0.3) is 0 Å². The fourth-order valence-electron chi connectivity index (χ4n) is 3.90. The average Bonchev–Trinajstić information content (AvgIpc) is 3.10. The molecule has 0 spiro atoms. The van der Waals surface area contributed by atoms with E-state index >= 15 is 0 Å². The molecule has 5 nitrogen and oxygen atoms in total. The first-order valence-corrected chi connectivity index (χ1v) is 9.56. The van der Waals surface area contributed by atoms with Crippen LogP contribution in [0.4, 0.5) is 4.79 Å². The van der Waals surface area contributed by atoms with Crippen LogP contribution < -0.4 is 0 Å². The Morgan fingerprint density at radius 1 is 1.27 bits per heavy atom. The number of nitrogens with zero attached hydrogens (tertiary/aromatic N) is 2. The quantitative estimate of drug-likeness (QED) is 0.580. The van der Waals surface area contributed by atoms with Crippen LogP contribution in [0, 0.1) is 0 Å². The van der Waals surface area contributed by atoms with Gasteiger partial charge in [0.15, 0.2) is 0 Å². The number of hydrogen-bond acceptors (Lipinski definition) is 2. The largest absolute Gasteiger partial charge is 0.465 e. The van der Waals surface area contributed by atoms with Crippen molar-refractivity contribution in [3.8, 4) is 0 Å². The van der Waals surface area contributed by atoms with E-state index in [0.29, 0.717) is 18.1 Å². The van der Waals surface area contributed by atoms with Crippen LogP contribution in [0.5, 0.6) is 0 Å². The van der Waals surface area contributed by atoms with Gasteiger partial charge in [0.1, 0.15) is 0 Å². The molecule has 0 radical (unpaired) electrons. The van der Waals surface area contributed by atoms with Crippen molar-refractivity contribution in [2.24, 2.45) is 0 Å². The molecule has 1 aromatic heterocycles. The molecular formula is C19H17BrClN3O2. The Bertz CT molecular complexity index is 974. The number of carbonyl (C=O) groups is 1. The summed E-state index contributed by atoms with van der Waals surface area (Å²) in [5, 5.41) is 10.1. The molecular weight excluding hydrogens is 418 g/mol. The van der Waals surface area contributed by atoms with Gasteiger partial charge in [0.2, 0.25) is 0 Å². The zero-order valence-corrected chi connectivity index (χ0v) is 16.2. The molecule has 0 bridgehead atoms. The van der Waals surface area contributed by atoms with E-state index in [1.807, 2.05) is 30.3 Å². The molecule has 1 aliphatic rings. The molecule has 2 heterocycles. The molecule has 1 fully saturated rings. The summed E-state index contributed by atoms with van der Waals surface area (Å²) in [4.78, 5) is 20.7. The molecule has 2 atom stereocenters. The maximum atomic E-state index is 11.6. The highest BCUT2D eigenvalue weighted by Crippen LogP contribution is 2.44. The van der Waals surface area contributed by atoms with Crippen LogP contribution >= 0.6 is 27.5 Å². The number of amides is 1. The van der Waals surface area contributed by atoms with Crippen molar-refractivity contribution in [3.05, 3.63) is 63.3 Å². The first-order chi connectivity index (χ1) is 12.5. The summed E-state index contributed by atoms with van der Waals surface area (Å²) in [6.07, 6.45) is 1.54. The number of likely N-dealkylation sites (tertiary alicyclic amines) is 1. The predicted octanol–water partition coefficient (Wildman–Crippen LogP) is 5.23. The van der Waals surface area contributed by atoms with Gasteiger partial charge in [0, 0.05) is 28.5 Å². The van der Waals surface area contributed by atoms with E-state index in [0.717, 1.165) is 33.1 Å². The SMILES string of the molecule is O=C(O)N1CCC(c2cccc3[nH]cnc23)C(c2ccc(Br)cc2Cl)C1. The van der Waals surface area contributed by atoms with Crippen LogP contribution in [0.3, 0.4) is 0 Å². The van der Waals surface area contributed by atoms with Crippen molar-refractivity contribution >= 4 is 44.7 Å². The molecule has 3 aromatic rings. The topological polar surface area (TPSA) is 69.2 Å². The van der Waals surface area contributed by atoms with Crippen molar-refractivity contribution in [1.29, 1.82) is 0 Å². The second-order valence-corrected chi connectivity index (χ2v) is 7.86. The van der Waals surface area contributed by atoms with E-state index in [2.05, 4.69) is 32.0 Å². The number of imidazole rings is 1. The molecule has 1 aliphatic heterocycles. The van der Waals surface area contributed by atoms with E-state index in [-0.39, 0.29) is 11.8 Å². The van der Waals surface area contributed by atoms with E-state index in [9.17, 15) is 9.90 Å². The van der Waals surface area contributed by atoms with E-state index in [4.69, 9.17) is 11.6 Å². The molecule has 7 heteroatoms. The monoisotopic (exact) mass is 433 g/mol. The number of H-pyrrole nitrogens is 1. The normalized spacial score (nSPS) is 20.5. The maximum absolute atomic E-state index is 11.6. The fraction of sp³-hybridized carbons (Fsp3) is 0.263. The molecule has 26 heavy (non-hydrogen) atoms. The molecule has 2 aromatic carbocycles. The second-order valence-electron chi connectivity index (χ2n) is 6.54. The number of benzene rings is 2. The molecule has 1 saturated heterocycles. The first-order valence-electron chi connectivity index (χ1n) is 8.39. The van der Waals surface area contributed by atoms with Crippen molar-refractivity contribution in [1.82, 2.24) is 14.9 Å². The first kappa shape index (κ1) is 17.4. The van der Waals surface area contributed by atoms with Gasteiger partial charge in [-0.1, -0.05) is 45.7 Å². The molecule has 1 amide bonds. The number of para-hydroxylation sites is 1. The number of rotatable bonds is 2. The third-order valence-electron chi connectivity index (χ3n) is 5.13. The lowest BCUT2D eigenvalue weighted by Crippen LogP contribution is -2.41. The predicted molar refractivity (Wildman–Crippen MR) is 105 cm³/mol. The van der Waals surface area contributed by atoms with Crippen LogP contribution in [-0.2, 0) is 0 Å². The van der Waals surface area contributed by atoms with Crippen molar-refractivity contribution in [3.63, 3.8) is 0 Å². The number of aromatic amines is 1. The van der Waals surface area contributed by atoms with Gasteiger partial charge in [0.05, 0.1) is 17.4 Å². The number of nitrogens with one attached hydrogen (secondary N) is 1. The fourth-order valence-corrected chi connectivity index (χ4v) is 4.72. The standard InChI is InChI=1S/C19H17BrClN3O2/c20-11-4-5-13(16(21)8-11)15-9-24(19(25)26)7-6-12(15)14-2-1-3-17-18(14)23-10-22-17/h1-5,8,10,12,15H,6-7,9H2,(H,22,23)(H,25,26). The highest BCUT2D eigenvalue weighted by molar-refractivity contribution is 9.10. The number of hydrogen-bond donors (Lipinski definition) is 2. The minimum Gasteiger partial charge on any atom is -0.465 e. The van der Waals surface area contributed by atoms with Gasteiger partial charge in [-0.05, 0) is 41.7 Å². The highest BCUT2D eigenvalue weighted by Gasteiger charge is 2.35. The lowest BCUT2D eigenvalue weighted by atomic mass is 9.76. The van der Waals surface area contributed by atoms with Crippen molar-refractivity contribution in [2.45, 2.75) is 18.3 Å². The summed E-state index contributed by atoms with van der Waals surface area (Å²) in [7, 11) is 0. The van der Waals surface area contributed by atoms with Gasteiger partial charge in [-0.25, -0.2) is 9.78 Å². The van der Waals surface area contributed by atoms with E-state index < -0.39 is 6.09 Å². The zero-order valence-electron chi connectivity index (χ0n) is 13.8. The maximum Gasteiger partial charge on any atom is 0.407 e. The minimum atomic E-state index is -0.889. The molecule has 0 aliphatic carbocycles. The van der Waals surface area contributed by atoms with Crippen LogP contribution in [-0.4, -0.2) is 39.2 Å². The second kappa shape index (κ2) is 6.93. The lowest BCUT2D eigenvalue weighted by molar-refractivity contribution is 0.125. The Kier molecular flexibility index (Phi) is 4.63. The van der Waals surface area contributed by atoms with Gasteiger partial charge in [-0.3, -0.25) is 0 Å². The average molecular weight is 435 g/mol. The van der Waals surface area contributed by atoms with Crippen LogP contribution in [0.15, 0.2) is 47.2 Å². The number of carboxylic acid groups (broad SMARTS) is 1. The number of piperidine rings is 1. The molecule has 2 unspecified atom stereocenters. The molecule has 134 valence electrons. The minimum absolute atomic E-state index is 0.0252. The van der Waals surface area contributed by atoms with Crippen molar-refractivity contribution in [2.75, 3.05) is 13.1 Å². The highest BCUT2D eigenvalue weighted by atomic mass is 79.9. The van der Waals surface area contributed by atoms with Gasteiger partial charge in [-0.15, -0.1) is 0 Å². The number of fused-ring (bicyclic) bond motifs is 1. The summed E-state index contributed by atoms with van der Waals surface area (Å²) in [5.41, 5.74) is 4.04. The smallest absolute Gasteiger partial charge is 0.407 e. The Labute approximate surface area is 164 Å². The summed E-state index contributed by atoms with van der Waals surface area (Å²) >= 11 is 9.96. The zero-order chi connectivity index (χ0) is 18.3. The van der Waals surface area contributed by atoms with Crippen LogP contribution in [0.1, 0.15) is 29.4 Å². The van der Waals surface area contributed by atoms with Gasteiger partial charge < -0.3 is 15.0 Å². The lowest BCUT2D eigenvalue weighted by Gasteiger charge is -2.38. The van der Waals surface area contributed by atoms with Crippen LogP contribution in [0.2, 0.25) is 5.02 Å². The van der Waals surface area contributed by atoms with Crippen molar-refractivity contribution < 1.29 is 9.90 Å². The third-order valence-corrected chi connectivity index (χ3v) is 5.95. The molecule has 2 N–H and O–H groups in total. The van der Waals surface area contributed by atoms with Crippen LogP contribution in [0.25, 0.3) is 11.0 Å². The third kappa shape index (κ3) is 3.08. The van der Waals surface area contributed by atoms with E-state index in [1.165, 1.54) is 4.90 Å². The van der Waals surface area contributed by atoms with Gasteiger partial charge in [-0.2, -0.15) is 0 Å².